The molecule has 0 aliphatic carbocycles. The third-order valence-corrected chi connectivity index (χ3v) is 4.99. The molecule has 2 N–H and O–H groups in total. The second-order valence-corrected chi connectivity index (χ2v) is 6.75. The van der Waals surface area contributed by atoms with Gasteiger partial charge in [0.05, 0.1) is 7.11 Å². The molecule has 142 valence electrons. The number of hydrogen-bond acceptors (Lipinski definition) is 4. The van der Waals surface area contributed by atoms with Crippen LogP contribution >= 0.6 is 0 Å². The number of benzene rings is 2. The largest absolute Gasteiger partial charge is 0.494 e. The van der Waals surface area contributed by atoms with E-state index in [1.165, 1.54) is 19.2 Å². The molecule has 5 nitrogen and oxygen atoms in total. The average Bonchev–Trinajstić information content (AvgIpc) is 3.08. The summed E-state index contributed by atoms with van der Waals surface area (Å²) in [6.45, 7) is 1.03. The van der Waals surface area contributed by atoms with E-state index in [-0.39, 0.29) is 47.8 Å². The van der Waals surface area contributed by atoms with Crippen molar-refractivity contribution in [3.63, 3.8) is 0 Å². The highest BCUT2D eigenvalue weighted by Gasteiger charge is 2.33. The number of likely N-dealkylation sites (tertiary alicyclic amines) is 1. The highest BCUT2D eigenvalue weighted by Crippen LogP contribution is 2.27. The number of Topliss-reactive ketones (excluding diaryl/α,β-unsaturated/α-hetero) is 1. The van der Waals surface area contributed by atoms with Gasteiger partial charge in [0.2, 0.25) is 5.91 Å². The van der Waals surface area contributed by atoms with E-state index in [1.807, 2.05) is 30.3 Å². The fraction of sp³-hybridized carbons (Fsp3) is 0.333. The van der Waals surface area contributed by atoms with Crippen molar-refractivity contribution in [3.8, 4) is 5.75 Å². The molecule has 1 heterocycles. The van der Waals surface area contributed by atoms with Gasteiger partial charge in [-0.2, -0.15) is 0 Å². The van der Waals surface area contributed by atoms with Crippen LogP contribution < -0.4 is 10.5 Å². The van der Waals surface area contributed by atoms with Crippen molar-refractivity contribution < 1.29 is 18.7 Å². The van der Waals surface area contributed by atoms with Gasteiger partial charge in [0, 0.05) is 43.5 Å². The number of carbonyl (C=O) groups is 2. The molecule has 0 radical (unpaired) electrons. The Morgan fingerprint density at radius 3 is 2.56 bits per heavy atom. The number of nitrogens with zero attached hydrogens (tertiary/aromatic N) is 1. The number of amides is 1. The maximum Gasteiger partial charge on any atom is 0.223 e. The Morgan fingerprint density at radius 2 is 1.89 bits per heavy atom. The third-order valence-electron chi connectivity index (χ3n) is 4.99. The molecule has 0 saturated carbocycles. The number of hydrogen-bond donors (Lipinski definition) is 1. The topological polar surface area (TPSA) is 72.6 Å². The number of carbonyl (C=O) groups excluding carboxylic acids is 2. The first-order chi connectivity index (χ1) is 13.0. The molecular formula is C21H23FN2O3. The van der Waals surface area contributed by atoms with E-state index in [4.69, 9.17) is 10.5 Å². The van der Waals surface area contributed by atoms with E-state index < -0.39 is 5.82 Å². The zero-order valence-corrected chi connectivity index (χ0v) is 15.2. The molecule has 1 fully saturated rings. The first kappa shape index (κ1) is 19.0. The van der Waals surface area contributed by atoms with Crippen LogP contribution in [0.2, 0.25) is 0 Å². The van der Waals surface area contributed by atoms with Crippen molar-refractivity contribution in [2.24, 2.45) is 5.73 Å². The molecule has 6 heteroatoms. The van der Waals surface area contributed by atoms with Gasteiger partial charge in [-0.05, 0) is 23.8 Å². The molecule has 0 unspecified atom stereocenters. The normalized spacial score (nSPS) is 19.1. The average molecular weight is 370 g/mol. The predicted molar refractivity (Wildman–Crippen MR) is 100 cm³/mol. The van der Waals surface area contributed by atoms with Crippen LogP contribution in [-0.2, 0) is 4.79 Å². The number of methoxy groups -OCH3 is 1. The molecule has 0 aromatic heterocycles. The molecule has 0 spiro atoms. The fourth-order valence-electron chi connectivity index (χ4n) is 3.45. The summed E-state index contributed by atoms with van der Waals surface area (Å²) >= 11 is 0. The molecule has 3 rings (SSSR count). The summed E-state index contributed by atoms with van der Waals surface area (Å²) in [4.78, 5) is 26.5. The molecule has 1 aliphatic rings. The van der Waals surface area contributed by atoms with Crippen LogP contribution in [0.5, 0.6) is 5.75 Å². The van der Waals surface area contributed by atoms with E-state index in [9.17, 15) is 14.0 Å². The lowest BCUT2D eigenvalue weighted by Gasteiger charge is -2.16. The molecule has 1 saturated heterocycles. The Hall–Kier alpha value is -2.73. The number of ether oxygens (including phenoxy) is 1. The van der Waals surface area contributed by atoms with Crippen molar-refractivity contribution >= 4 is 11.7 Å². The van der Waals surface area contributed by atoms with Crippen molar-refractivity contribution in [2.45, 2.75) is 24.8 Å². The Kier molecular flexibility index (Phi) is 5.86. The lowest BCUT2D eigenvalue weighted by Crippen LogP contribution is -2.32. The Bertz CT molecular complexity index is 825. The van der Waals surface area contributed by atoms with Gasteiger partial charge in [-0.3, -0.25) is 9.59 Å². The molecule has 2 aromatic carbocycles. The molecule has 27 heavy (non-hydrogen) atoms. The maximum absolute atomic E-state index is 13.7. The van der Waals surface area contributed by atoms with Gasteiger partial charge in [0.25, 0.3) is 0 Å². The van der Waals surface area contributed by atoms with Gasteiger partial charge >= 0.3 is 0 Å². The summed E-state index contributed by atoms with van der Waals surface area (Å²) in [5.41, 5.74) is 7.57. The Morgan fingerprint density at radius 1 is 1.15 bits per heavy atom. The summed E-state index contributed by atoms with van der Waals surface area (Å²) in [5.74, 6) is -0.785. The van der Waals surface area contributed by atoms with Crippen LogP contribution in [0.25, 0.3) is 0 Å². The lowest BCUT2D eigenvalue weighted by molar-refractivity contribution is -0.130. The second kappa shape index (κ2) is 8.31. The van der Waals surface area contributed by atoms with Crippen LogP contribution in [0, 0.1) is 5.82 Å². The monoisotopic (exact) mass is 370 g/mol. The number of halogens is 1. The third kappa shape index (κ3) is 4.34. The number of nitrogens with two attached hydrogens (primary N) is 1. The first-order valence-electron chi connectivity index (χ1n) is 8.94. The van der Waals surface area contributed by atoms with Crippen molar-refractivity contribution in [2.75, 3.05) is 20.2 Å². The molecule has 0 bridgehead atoms. The summed E-state index contributed by atoms with van der Waals surface area (Å²) in [7, 11) is 1.36. The van der Waals surface area contributed by atoms with Crippen LogP contribution in [0.15, 0.2) is 48.5 Å². The van der Waals surface area contributed by atoms with Crippen LogP contribution in [0.4, 0.5) is 4.39 Å². The fourth-order valence-corrected chi connectivity index (χ4v) is 3.45. The van der Waals surface area contributed by atoms with E-state index in [0.29, 0.717) is 13.1 Å². The minimum Gasteiger partial charge on any atom is -0.494 e. The van der Waals surface area contributed by atoms with Crippen LogP contribution in [0.1, 0.15) is 34.7 Å². The quantitative estimate of drug-likeness (QED) is 0.794. The summed E-state index contributed by atoms with van der Waals surface area (Å²) in [5, 5.41) is 0. The number of rotatable bonds is 6. The maximum atomic E-state index is 13.7. The zero-order chi connectivity index (χ0) is 19.4. The van der Waals surface area contributed by atoms with Crippen LogP contribution in [-0.4, -0.2) is 42.8 Å². The summed E-state index contributed by atoms with van der Waals surface area (Å²) < 4.78 is 18.6. The van der Waals surface area contributed by atoms with Crippen molar-refractivity contribution in [1.29, 1.82) is 0 Å². The van der Waals surface area contributed by atoms with Gasteiger partial charge < -0.3 is 15.4 Å². The Balaban J connectivity index is 1.56. The molecule has 2 aromatic rings. The minimum absolute atomic E-state index is 0.0341. The number of ketones is 1. The standard InChI is InChI=1S/C21H23FN2O3/c1-27-20-9-7-15(11-17(20)22)19(25)8-10-21(26)24-12-16(18(23)13-24)14-5-3-2-4-6-14/h2-7,9,11,16,18H,8,10,12-13,23H2,1H3/t16-,18+/m0/s1. The Labute approximate surface area is 157 Å². The smallest absolute Gasteiger partial charge is 0.223 e. The van der Waals surface area contributed by atoms with Gasteiger partial charge in [-0.15, -0.1) is 0 Å². The van der Waals surface area contributed by atoms with Crippen molar-refractivity contribution in [1.82, 2.24) is 4.90 Å². The van der Waals surface area contributed by atoms with Gasteiger partial charge in [-0.25, -0.2) is 4.39 Å². The van der Waals surface area contributed by atoms with Crippen molar-refractivity contribution in [3.05, 3.63) is 65.5 Å². The molecule has 1 amide bonds. The molecule has 1 aliphatic heterocycles. The van der Waals surface area contributed by atoms with Gasteiger partial charge in [0.1, 0.15) is 0 Å². The van der Waals surface area contributed by atoms with E-state index in [1.54, 1.807) is 4.90 Å². The van der Waals surface area contributed by atoms with Crippen LogP contribution in [0.3, 0.4) is 0 Å². The highest BCUT2D eigenvalue weighted by atomic mass is 19.1. The van der Waals surface area contributed by atoms with Gasteiger partial charge in [-0.1, -0.05) is 30.3 Å². The first-order valence-corrected chi connectivity index (χ1v) is 8.94. The van der Waals surface area contributed by atoms with E-state index >= 15 is 0 Å². The summed E-state index contributed by atoms with van der Waals surface area (Å²) in [6.07, 6.45) is 0.118. The van der Waals surface area contributed by atoms with E-state index in [0.717, 1.165) is 11.6 Å². The summed E-state index contributed by atoms with van der Waals surface area (Å²) in [6, 6.07) is 13.8. The highest BCUT2D eigenvalue weighted by molar-refractivity contribution is 5.98. The predicted octanol–water partition coefficient (Wildman–Crippen LogP) is 2.75. The van der Waals surface area contributed by atoms with E-state index in [2.05, 4.69) is 0 Å². The minimum atomic E-state index is -0.592. The second-order valence-electron chi connectivity index (χ2n) is 6.75. The van der Waals surface area contributed by atoms with Gasteiger partial charge in [0.15, 0.2) is 17.3 Å². The molecule has 2 atom stereocenters. The molecular weight excluding hydrogens is 347 g/mol. The zero-order valence-electron chi connectivity index (χ0n) is 15.2. The lowest BCUT2D eigenvalue weighted by atomic mass is 9.95. The SMILES string of the molecule is COc1ccc(C(=O)CCC(=O)N2C[C@@H](N)[C@H](c3ccccc3)C2)cc1F.